The number of hydrogen-bond acceptors (Lipinski definition) is 7. The van der Waals surface area contributed by atoms with Crippen LogP contribution in [0, 0.1) is 0 Å². The fourth-order valence-corrected chi connectivity index (χ4v) is 2.07. The fourth-order valence-electron chi connectivity index (χ4n) is 1.32. The number of nitrogens with two attached hydrogens (primary N) is 1. The highest BCUT2D eigenvalue weighted by Gasteiger charge is 2.16. The van der Waals surface area contributed by atoms with Gasteiger partial charge in [0.15, 0.2) is 5.13 Å². The van der Waals surface area contributed by atoms with Crippen molar-refractivity contribution in [3.63, 3.8) is 0 Å². The molecule has 3 N–H and O–H groups in total. The zero-order chi connectivity index (χ0) is 11.7. The van der Waals surface area contributed by atoms with Gasteiger partial charge in [-0.2, -0.15) is 0 Å². The lowest BCUT2D eigenvalue weighted by Crippen LogP contribution is -2.04. The molecule has 2 aromatic rings. The lowest BCUT2D eigenvalue weighted by molar-refractivity contribution is 0.0602. The largest absolute Gasteiger partial charge is 0.465 e. The summed E-state index contributed by atoms with van der Waals surface area (Å²) < 4.78 is 4.63. The number of fused-ring (bicyclic) bond motifs is 1. The van der Waals surface area contributed by atoms with E-state index in [2.05, 4.69) is 14.7 Å². The van der Waals surface area contributed by atoms with Crippen molar-refractivity contribution in [2.45, 2.75) is 6.61 Å². The standard InChI is InChI=1S/C9H9N3O3S/c1-15-8(14)5-2-4(3-13)11-7-6(5)12-9(10)16-7/h2,13H,3H2,1H3,(H2,10,12). The molecule has 0 saturated carbocycles. The molecule has 0 spiro atoms. The Labute approximate surface area is 94.7 Å². The van der Waals surface area contributed by atoms with Crippen molar-refractivity contribution in [2.24, 2.45) is 0 Å². The molecule has 0 radical (unpaired) electrons. The molecule has 2 aromatic heterocycles. The maximum atomic E-state index is 11.5. The molecule has 0 saturated heterocycles. The summed E-state index contributed by atoms with van der Waals surface area (Å²) in [6.45, 7) is -0.252. The molecule has 2 heterocycles. The number of aromatic nitrogens is 2. The molecule has 0 aliphatic rings. The number of hydrogen-bond donors (Lipinski definition) is 2. The number of carbonyl (C=O) groups is 1. The van der Waals surface area contributed by atoms with Gasteiger partial charge in [-0.15, -0.1) is 0 Å². The number of pyridine rings is 1. The van der Waals surface area contributed by atoms with Gasteiger partial charge >= 0.3 is 5.97 Å². The highest BCUT2D eigenvalue weighted by atomic mass is 32.1. The third-order valence-corrected chi connectivity index (χ3v) is 2.78. The van der Waals surface area contributed by atoms with E-state index < -0.39 is 5.97 Å². The van der Waals surface area contributed by atoms with Crippen molar-refractivity contribution < 1.29 is 14.6 Å². The smallest absolute Gasteiger partial charge is 0.340 e. The highest BCUT2D eigenvalue weighted by Crippen LogP contribution is 2.26. The summed E-state index contributed by atoms with van der Waals surface area (Å²) in [6, 6.07) is 1.45. The van der Waals surface area contributed by atoms with Crippen LogP contribution in [0.25, 0.3) is 10.3 Å². The number of ether oxygens (including phenoxy) is 1. The van der Waals surface area contributed by atoms with Crippen molar-refractivity contribution in [3.8, 4) is 0 Å². The van der Waals surface area contributed by atoms with Crippen LogP contribution in [0.15, 0.2) is 6.07 Å². The summed E-state index contributed by atoms with van der Waals surface area (Å²) in [5, 5.41) is 9.34. The number of aliphatic hydroxyl groups is 1. The third kappa shape index (κ3) is 1.70. The molecule has 7 heteroatoms. The summed E-state index contributed by atoms with van der Waals surface area (Å²) in [4.78, 5) is 20.1. The fraction of sp³-hybridized carbons (Fsp3) is 0.222. The number of rotatable bonds is 2. The van der Waals surface area contributed by atoms with Gasteiger partial charge in [0.2, 0.25) is 0 Å². The molecule has 0 atom stereocenters. The van der Waals surface area contributed by atoms with E-state index in [1.54, 1.807) is 0 Å². The normalized spacial score (nSPS) is 10.6. The Bertz CT molecular complexity index is 552. The van der Waals surface area contributed by atoms with Gasteiger partial charge in [-0.25, -0.2) is 14.8 Å². The predicted octanol–water partition coefficient (Wildman–Crippen LogP) is 0.552. The minimum atomic E-state index is -0.521. The first-order chi connectivity index (χ1) is 7.65. The zero-order valence-electron chi connectivity index (χ0n) is 8.43. The molecule has 0 amide bonds. The third-order valence-electron chi connectivity index (χ3n) is 2.00. The monoisotopic (exact) mass is 239 g/mol. The van der Waals surface area contributed by atoms with Crippen molar-refractivity contribution >= 4 is 32.8 Å². The molecule has 84 valence electrons. The molecule has 0 aromatic carbocycles. The first kappa shape index (κ1) is 10.8. The maximum Gasteiger partial charge on any atom is 0.340 e. The lowest BCUT2D eigenvalue weighted by atomic mass is 10.2. The Morgan fingerprint density at radius 2 is 2.38 bits per heavy atom. The van der Waals surface area contributed by atoms with Crippen LogP contribution >= 0.6 is 11.3 Å². The van der Waals surface area contributed by atoms with Crippen LogP contribution in [0.4, 0.5) is 5.13 Å². The van der Waals surface area contributed by atoms with Crippen LogP contribution in [-0.4, -0.2) is 28.2 Å². The molecule has 0 aliphatic carbocycles. The Morgan fingerprint density at radius 1 is 1.62 bits per heavy atom. The van der Waals surface area contributed by atoms with Gasteiger partial charge < -0.3 is 15.6 Å². The summed E-state index contributed by atoms with van der Waals surface area (Å²) in [7, 11) is 1.28. The lowest BCUT2D eigenvalue weighted by Gasteiger charge is -2.02. The molecule has 0 unspecified atom stereocenters. The van der Waals surface area contributed by atoms with E-state index in [1.165, 1.54) is 13.2 Å². The Kier molecular flexibility index (Phi) is 2.71. The minimum Gasteiger partial charge on any atom is -0.465 e. The molecule has 0 bridgehead atoms. The molecule has 0 fully saturated rings. The van der Waals surface area contributed by atoms with E-state index in [4.69, 9.17) is 10.8 Å². The number of nitrogens with zero attached hydrogens (tertiary/aromatic N) is 2. The average Bonchev–Trinajstić information content (AvgIpc) is 2.66. The van der Waals surface area contributed by atoms with Crippen LogP contribution in [0.2, 0.25) is 0 Å². The number of esters is 1. The Hall–Kier alpha value is -1.73. The van der Waals surface area contributed by atoms with Crippen LogP contribution in [-0.2, 0) is 11.3 Å². The van der Waals surface area contributed by atoms with E-state index >= 15 is 0 Å². The second-order valence-electron chi connectivity index (χ2n) is 3.02. The summed E-state index contributed by atoms with van der Waals surface area (Å²) in [5.74, 6) is -0.521. The second kappa shape index (κ2) is 4.03. The number of methoxy groups -OCH3 is 1. The van der Waals surface area contributed by atoms with E-state index in [0.717, 1.165) is 11.3 Å². The van der Waals surface area contributed by atoms with Gasteiger partial charge in [0, 0.05) is 0 Å². The molecule has 6 nitrogen and oxygen atoms in total. The van der Waals surface area contributed by atoms with Gasteiger partial charge in [0.1, 0.15) is 10.3 Å². The molecule has 16 heavy (non-hydrogen) atoms. The summed E-state index contributed by atoms with van der Waals surface area (Å²) in [5.41, 5.74) is 6.61. The van der Waals surface area contributed by atoms with E-state index in [-0.39, 0.29) is 12.2 Å². The minimum absolute atomic E-state index is 0.252. The van der Waals surface area contributed by atoms with Crippen molar-refractivity contribution in [2.75, 3.05) is 12.8 Å². The molecule has 0 aliphatic heterocycles. The quantitative estimate of drug-likeness (QED) is 0.743. The Balaban J connectivity index is 2.72. The first-order valence-electron chi connectivity index (χ1n) is 4.40. The SMILES string of the molecule is COC(=O)c1cc(CO)nc2sc(N)nc12. The van der Waals surface area contributed by atoms with Crippen LogP contribution in [0.3, 0.4) is 0 Å². The number of nitrogen functional groups attached to an aromatic ring is 1. The van der Waals surface area contributed by atoms with Gasteiger partial charge in [-0.05, 0) is 6.07 Å². The predicted molar refractivity (Wildman–Crippen MR) is 59.1 cm³/mol. The highest BCUT2D eigenvalue weighted by molar-refractivity contribution is 7.21. The van der Waals surface area contributed by atoms with Gasteiger partial charge in [-0.3, -0.25) is 0 Å². The Morgan fingerprint density at radius 3 is 3.00 bits per heavy atom. The maximum absolute atomic E-state index is 11.5. The molecular weight excluding hydrogens is 230 g/mol. The van der Waals surface area contributed by atoms with E-state index in [0.29, 0.717) is 21.2 Å². The number of thiazole rings is 1. The van der Waals surface area contributed by atoms with Crippen LogP contribution in [0.1, 0.15) is 16.1 Å². The average molecular weight is 239 g/mol. The van der Waals surface area contributed by atoms with Crippen molar-refractivity contribution in [1.29, 1.82) is 0 Å². The van der Waals surface area contributed by atoms with Crippen molar-refractivity contribution in [3.05, 3.63) is 17.3 Å². The van der Waals surface area contributed by atoms with Gasteiger partial charge in [0.05, 0.1) is 25.0 Å². The van der Waals surface area contributed by atoms with Crippen LogP contribution < -0.4 is 5.73 Å². The van der Waals surface area contributed by atoms with Crippen LogP contribution in [0.5, 0.6) is 0 Å². The van der Waals surface area contributed by atoms with Gasteiger partial charge in [0.25, 0.3) is 0 Å². The topological polar surface area (TPSA) is 98.3 Å². The molecule has 2 rings (SSSR count). The van der Waals surface area contributed by atoms with E-state index in [1.807, 2.05) is 0 Å². The number of aliphatic hydroxyl groups excluding tert-OH is 1. The number of carbonyl (C=O) groups excluding carboxylic acids is 1. The van der Waals surface area contributed by atoms with Crippen molar-refractivity contribution in [1.82, 2.24) is 9.97 Å². The zero-order valence-corrected chi connectivity index (χ0v) is 9.24. The number of anilines is 1. The molecular formula is C9H9N3O3S. The summed E-state index contributed by atoms with van der Waals surface area (Å²) in [6.07, 6.45) is 0. The van der Waals surface area contributed by atoms with Gasteiger partial charge in [-0.1, -0.05) is 11.3 Å². The first-order valence-corrected chi connectivity index (χ1v) is 5.22. The van der Waals surface area contributed by atoms with E-state index in [9.17, 15) is 4.79 Å². The summed E-state index contributed by atoms with van der Waals surface area (Å²) >= 11 is 1.16. The second-order valence-corrected chi connectivity index (χ2v) is 4.03.